The molecule has 0 aliphatic rings. The van der Waals surface area contributed by atoms with Crippen molar-refractivity contribution in [3.63, 3.8) is 0 Å². The number of carbonyl (C=O) groups excluding carboxylic acids is 1. The maximum Gasteiger partial charge on any atom is 0.417 e. The number of benzene rings is 1. The normalized spacial score (nSPS) is 11.3. The first-order chi connectivity index (χ1) is 10.8. The van der Waals surface area contributed by atoms with E-state index in [0.717, 1.165) is 17.8 Å². The van der Waals surface area contributed by atoms with Crippen LogP contribution in [0.15, 0.2) is 46.0 Å². The van der Waals surface area contributed by atoms with Crippen molar-refractivity contribution in [1.29, 1.82) is 0 Å². The minimum atomic E-state index is -4.45. The lowest BCUT2D eigenvalue weighted by atomic mass is 10.3. The van der Waals surface area contributed by atoms with Gasteiger partial charge in [0.1, 0.15) is 5.82 Å². The van der Waals surface area contributed by atoms with Crippen LogP contribution in [0.5, 0.6) is 0 Å². The number of hydrogen-bond acceptors (Lipinski definition) is 3. The quantitative estimate of drug-likeness (QED) is 0.587. The minimum absolute atomic E-state index is 0.0270. The van der Waals surface area contributed by atoms with Gasteiger partial charge < -0.3 is 5.32 Å². The Morgan fingerprint density at radius 3 is 2.57 bits per heavy atom. The first-order valence-electron chi connectivity index (χ1n) is 6.16. The lowest BCUT2D eigenvalue weighted by Crippen LogP contribution is -2.15. The number of hydrogen-bond donors (Lipinski definition) is 1. The zero-order valence-corrected chi connectivity index (χ0v) is 13.7. The fraction of sp³-hybridized carbons (Fsp3) is 0.143. The highest BCUT2D eigenvalue weighted by Crippen LogP contribution is 2.29. The van der Waals surface area contributed by atoms with Crippen LogP contribution in [0.25, 0.3) is 0 Å². The van der Waals surface area contributed by atoms with E-state index in [2.05, 4.69) is 26.2 Å². The highest BCUT2D eigenvalue weighted by molar-refractivity contribution is 9.10. The Kier molecular flexibility index (Phi) is 5.64. The summed E-state index contributed by atoms with van der Waals surface area (Å²) in [5, 5.41) is 2.65. The Balaban J connectivity index is 1.91. The summed E-state index contributed by atoms with van der Waals surface area (Å²) in [5.41, 5.74) is -0.831. The van der Waals surface area contributed by atoms with E-state index in [1.165, 1.54) is 18.2 Å². The lowest BCUT2D eigenvalue weighted by molar-refractivity contribution is -0.137. The van der Waals surface area contributed by atoms with Crippen LogP contribution in [0.4, 0.5) is 23.2 Å². The first-order valence-corrected chi connectivity index (χ1v) is 7.94. The van der Waals surface area contributed by atoms with Crippen molar-refractivity contribution in [1.82, 2.24) is 4.98 Å². The maximum atomic E-state index is 13.6. The van der Waals surface area contributed by atoms with Gasteiger partial charge in [0.25, 0.3) is 0 Å². The second kappa shape index (κ2) is 7.31. The van der Waals surface area contributed by atoms with E-state index in [4.69, 9.17) is 0 Å². The third kappa shape index (κ3) is 5.21. The Hall–Kier alpha value is -1.61. The Labute approximate surface area is 141 Å². The van der Waals surface area contributed by atoms with Crippen LogP contribution in [0, 0.1) is 5.82 Å². The fourth-order valence-electron chi connectivity index (χ4n) is 1.55. The van der Waals surface area contributed by atoms with E-state index in [1.807, 2.05) is 0 Å². The molecular weight excluding hydrogens is 400 g/mol. The van der Waals surface area contributed by atoms with Crippen LogP contribution in [0.3, 0.4) is 0 Å². The van der Waals surface area contributed by atoms with E-state index in [1.54, 1.807) is 6.07 Å². The number of pyridine rings is 1. The van der Waals surface area contributed by atoms with E-state index < -0.39 is 23.5 Å². The number of alkyl halides is 3. The van der Waals surface area contributed by atoms with Crippen molar-refractivity contribution in [3.05, 3.63) is 52.4 Å². The molecular formula is C14H9BrF4N2OS. The minimum Gasteiger partial charge on any atom is -0.323 e. The lowest BCUT2D eigenvalue weighted by Gasteiger charge is -2.08. The largest absolute Gasteiger partial charge is 0.417 e. The zero-order valence-electron chi connectivity index (χ0n) is 11.3. The Morgan fingerprint density at radius 2 is 2.00 bits per heavy atom. The summed E-state index contributed by atoms with van der Waals surface area (Å²) in [7, 11) is 0. The molecule has 0 spiro atoms. The van der Waals surface area contributed by atoms with Gasteiger partial charge in [-0.2, -0.15) is 13.2 Å². The van der Waals surface area contributed by atoms with Crippen molar-refractivity contribution in [3.8, 4) is 0 Å². The Bertz CT molecular complexity index is 707. The standard InChI is InChI=1S/C14H9BrF4N2OS/c15-9-2-3-11(10(16)5-9)21-12(22)7-23-13-4-1-8(6-20-13)14(17,18)19/h1-6H,7H2,(H,21,22). The number of rotatable bonds is 4. The van der Waals surface area contributed by atoms with Gasteiger partial charge >= 0.3 is 6.18 Å². The second-order valence-corrected chi connectivity index (χ2v) is 6.26. The molecule has 1 heterocycles. The molecule has 0 fully saturated rings. The van der Waals surface area contributed by atoms with Gasteiger partial charge in [0.05, 0.1) is 22.0 Å². The SMILES string of the molecule is O=C(CSc1ccc(C(F)(F)F)cn1)Nc1ccc(Br)cc1F. The van der Waals surface area contributed by atoms with E-state index in [-0.39, 0.29) is 16.5 Å². The van der Waals surface area contributed by atoms with Crippen LogP contribution in [-0.4, -0.2) is 16.6 Å². The number of carbonyl (C=O) groups is 1. The third-order valence-corrected chi connectivity index (χ3v) is 4.06. The number of aromatic nitrogens is 1. The molecule has 0 radical (unpaired) electrons. The maximum absolute atomic E-state index is 13.6. The molecule has 1 N–H and O–H groups in total. The highest BCUT2D eigenvalue weighted by Gasteiger charge is 2.30. The number of thioether (sulfide) groups is 1. The number of nitrogens with zero attached hydrogens (tertiary/aromatic N) is 1. The van der Waals surface area contributed by atoms with E-state index >= 15 is 0 Å². The second-order valence-electron chi connectivity index (χ2n) is 4.34. The molecule has 0 saturated carbocycles. The van der Waals surface area contributed by atoms with Gasteiger partial charge in [0.2, 0.25) is 5.91 Å². The molecule has 0 unspecified atom stereocenters. The molecule has 0 aliphatic heterocycles. The molecule has 0 atom stereocenters. The summed E-state index contributed by atoms with van der Waals surface area (Å²) in [6, 6.07) is 6.25. The van der Waals surface area contributed by atoms with Crippen LogP contribution in [0.2, 0.25) is 0 Å². The van der Waals surface area contributed by atoms with Gasteiger partial charge in [-0.15, -0.1) is 0 Å². The number of amides is 1. The summed E-state index contributed by atoms with van der Waals surface area (Å²) in [4.78, 5) is 15.4. The number of nitrogens with one attached hydrogen (secondary N) is 1. The van der Waals surface area contributed by atoms with Crippen molar-refractivity contribution in [2.45, 2.75) is 11.2 Å². The molecule has 1 aromatic heterocycles. The predicted molar refractivity (Wildman–Crippen MR) is 82.7 cm³/mol. The summed E-state index contributed by atoms with van der Waals surface area (Å²) < 4.78 is 51.3. The number of anilines is 1. The van der Waals surface area contributed by atoms with Crippen molar-refractivity contribution < 1.29 is 22.4 Å². The molecule has 0 aliphatic carbocycles. The average Bonchev–Trinajstić information content (AvgIpc) is 2.47. The molecule has 1 amide bonds. The molecule has 2 rings (SSSR count). The molecule has 23 heavy (non-hydrogen) atoms. The topological polar surface area (TPSA) is 42.0 Å². The molecule has 2 aromatic rings. The summed E-state index contributed by atoms with van der Waals surface area (Å²) in [5.74, 6) is -1.18. The smallest absolute Gasteiger partial charge is 0.323 e. The van der Waals surface area contributed by atoms with Crippen molar-refractivity contribution >= 4 is 39.3 Å². The van der Waals surface area contributed by atoms with E-state index in [9.17, 15) is 22.4 Å². The summed E-state index contributed by atoms with van der Waals surface area (Å²) >= 11 is 4.05. The van der Waals surface area contributed by atoms with E-state index in [0.29, 0.717) is 10.7 Å². The van der Waals surface area contributed by atoms with Crippen LogP contribution >= 0.6 is 27.7 Å². The van der Waals surface area contributed by atoms with Gasteiger partial charge in [-0.05, 0) is 30.3 Å². The van der Waals surface area contributed by atoms with Gasteiger partial charge in [0, 0.05) is 10.7 Å². The predicted octanol–water partition coefficient (Wildman–Crippen LogP) is 4.73. The molecule has 122 valence electrons. The molecule has 1 aromatic carbocycles. The zero-order chi connectivity index (χ0) is 17.0. The Morgan fingerprint density at radius 1 is 1.26 bits per heavy atom. The van der Waals surface area contributed by atoms with Crippen molar-refractivity contribution in [2.75, 3.05) is 11.1 Å². The van der Waals surface area contributed by atoms with Crippen LogP contribution in [0.1, 0.15) is 5.56 Å². The first kappa shape index (κ1) is 17.7. The van der Waals surface area contributed by atoms with Gasteiger partial charge in [-0.25, -0.2) is 9.37 Å². The summed E-state index contributed by atoms with van der Waals surface area (Å²) in [6.07, 6.45) is -3.75. The molecule has 3 nitrogen and oxygen atoms in total. The third-order valence-electron chi connectivity index (χ3n) is 2.62. The summed E-state index contributed by atoms with van der Waals surface area (Å²) in [6.45, 7) is 0. The molecule has 9 heteroatoms. The van der Waals surface area contributed by atoms with Gasteiger partial charge in [-0.3, -0.25) is 4.79 Å². The monoisotopic (exact) mass is 408 g/mol. The van der Waals surface area contributed by atoms with Gasteiger partial charge in [-0.1, -0.05) is 27.7 Å². The number of halogens is 5. The fourth-order valence-corrected chi connectivity index (χ4v) is 2.53. The van der Waals surface area contributed by atoms with Crippen LogP contribution in [-0.2, 0) is 11.0 Å². The average molecular weight is 409 g/mol. The van der Waals surface area contributed by atoms with Gasteiger partial charge in [0.15, 0.2) is 0 Å². The van der Waals surface area contributed by atoms with Crippen molar-refractivity contribution in [2.24, 2.45) is 0 Å². The molecule has 0 saturated heterocycles. The highest BCUT2D eigenvalue weighted by atomic mass is 79.9. The van der Waals surface area contributed by atoms with Crippen LogP contribution < -0.4 is 5.32 Å². The molecule has 0 bridgehead atoms.